The summed E-state index contributed by atoms with van der Waals surface area (Å²) in [4.78, 5) is 33.1. The fraction of sp³-hybridized carbons (Fsp3) is 0.500. The summed E-state index contributed by atoms with van der Waals surface area (Å²) in [7, 11) is 0. The summed E-state index contributed by atoms with van der Waals surface area (Å²) in [6, 6.07) is 7.57. The van der Waals surface area contributed by atoms with Crippen molar-refractivity contribution < 1.29 is 14.1 Å². The summed E-state index contributed by atoms with van der Waals surface area (Å²) in [6.07, 6.45) is 3.74. The normalized spacial score (nSPS) is 22.9. The molecule has 0 radical (unpaired) electrons. The lowest BCUT2D eigenvalue weighted by Gasteiger charge is -2.46. The fourth-order valence-corrected chi connectivity index (χ4v) is 4.21. The second-order valence-corrected chi connectivity index (χ2v) is 7.33. The van der Waals surface area contributed by atoms with Gasteiger partial charge in [-0.3, -0.25) is 9.69 Å². The molecule has 27 heavy (non-hydrogen) atoms. The quantitative estimate of drug-likeness (QED) is 0.826. The van der Waals surface area contributed by atoms with E-state index in [1.807, 2.05) is 38.1 Å². The van der Waals surface area contributed by atoms with Gasteiger partial charge in [-0.05, 0) is 32.8 Å². The lowest BCUT2D eigenvalue weighted by Crippen LogP contribution is -2.61. The Labute approximate surface area is 158 Å². The minimum Gasteiger partial charge on any atom is -0.337 e. The van der Waals surface area contributed by atoms with E-state index < -0.39 is 0 Å². The Hall–Kier alpha value is -2.70. The third-order valence-electron chi connectivity index (χ3n) is 5.56. The van der Waals surface area contributed by atoms with Crippen LogP contribution in [0, 0.1) is 12.8 Å². The third kappa shape index (κ3) is 3.22. The lowest BCUT2D eigenvalue weighted by atomic mass is 9.81. The molecule has 1 saturated carbocycles. The highest BCUT2D eigenvalue weighted by molar-refractivity contribution is 5.98. The van der Waals surface area contributed by atoms with E-state index in [1.165, 1.54) is 4.90 Å². The van der Waals surface area contributed by atoms with E-state index in [4.69, 9.17) is 4.52 Å². The van der Waals surface area contributed by atoms with Crippen LogP contribution in [-0.2, 0) is 11.3 Å². The molecule has 142 valence electrons. The van der Waals surface area contributed by atoms with Crippen molar-refractivity contribution in [3.8, 4) is 11.4 Å². The number of aryl methyl sites for hydroxylation is 1. The molecule has 2 unspecified atom stereocenters. The number of amides is 3. The SMILES string of the molecule is CCN1C(=O)C2CCCCC2N(Cc2nc(-c3cccc(C)c3)no2)C1=O. The van der Waals surface area contributed by atoms with Crippen molar-refractivity contribution in [3.63, 3.8) is 0 Å². The summed E-state index contributed by atoms with van der Waals surface area (Å²) in [5, 5.41) is 4.07. The van der Waals surface area contributed by atoms with Crippen molar-refractivity contribution in [2.45, 2.75) is 52.1 Å². The van der Waals surface area contributed by atoms with Gasteiger partial charge in [0.25, 0.3) is 0 Å². The number of nitrogens with zero attached hydrogens (tertiary/aromatic N) is 4. The molecule has 0 spiro atoms. The Bertz CT molecular complexity index is 862. The molecule has 1 aliphatic carbocycles. The van der Waals surface area contributed by atoms with Gasteiger partial charge in [-0.1, -0.05) is 41.8 Å². The average Bonchev–Trinajstić information content (AvgIpc) is 3.14. The Morgan fingerprint density at radius 2 is 2.04 bits per heavy atom. The average molecular weight is 368 g/mol. The van der Waals surface area contributed by atoms with Gasteiger partial charge in [0, 0.05) is 18.2 Å². The second-order valence-electron chi connectivity index (χ2n) is 7.33. The number of rotatable bonds is 4. The van der Waals surface area contributed by atoms with Crippen LogP contribution in [0.2, 0.25) is 0 Å². The molecule has 2 aromatic rings. The maximum absolute atomic E-state index is 12.9. The minimum absolute atomic E-state index is 0.0329. The highest BCUT2D eigenvalue weighted by Crippen LogP contribution is 2.35. The van der Waals surface area contributed by atoms with Crippen LogP contribution in [-0.4, -0.2) is 44.5 Å². The van der Waals surface area contributed by atoms with Gasteiger partial charge in [0.15, 0.2) is 0 Å². The van der Waals surface area contributed by atoms with Gasteiger partial charge < -0.3 is 9.42 Å². The monoisotopic (exact) mass is 368 g/mol. The van der Waals surface area contributed by atoms with Gasteiger partial charge in [-0.15, -0.1) is 0 Å². The van der Waals surface area contributed by atoms with E-state index in [1.54, 1.807) is 4.90 Å². The molecule has 3 amide bonds. The highest BCUT2D eigenvalue weighted by atomic mass is 16.5. The molecule has 2 fully saturated rings. The maximum Gasteiger partial charge on any atom is 0.327 e. The summed E-state index contributed by atoms with van der Waals surface area (Å²) in [5.74, 6) is 0.765. The lowest BCUT2D eigenvalue weighted by molar-refractivity contribution is -0.140. The standard InChI is InChI=1S/C20H24N4O3/c1-3-23-19(25)15-9-4-5-10-16(15)24(20(23)26)12-17-21-18(22-27-17)14-8-6-7-13(2)11-14/h6-8,11,15-16H,3-5,9-10,12H2,1-2H3. The van der Waals surface area contributed by atoms with Crippen molar-refractivity contribution in [2.24, 2.45) is 5.92 Å². The van der Waals surface area contributed by atoms with Crippen molar-refractivity contribution in [2.75, 3.05) is 6.54 Å². The van der Waals surface area contributed by atoms with E-state index in [2.05, 4.69) is 10.1 Å². The predicted octanol–water partition coefficient (Wildman–Crippen LogP) is 3.39. The number of imide groups is 1. The first-order valence-corrected chi connectivity index (χ1v) is 9.60. The van der Waals surface area contributed by atoms with Crippen LogP contribution in [0.15, 0.2) is 28.8 Å². The molecule has 1 saturated heterocycles. The first-order valence-electron chi connectivity index (χ1n) is 9.60. The molecule has 1 aromatic heterocycles. The van der Waals surface area contributed by atoms with Crippen LogP contribution in [0.5, 0.6) is 0 Å². The van der Waals surface area contributed by atoms with E-state index in [9.17, 15) is 9.59 Å². The smallest absolute Gasteiger partial charge is 0.327 e. The Morgan fingerprint density at radius 1 is 1.22 bits per heavy atom. The van der Waals surface area contributed by atoms with Crippen molar-refractivity contribution >= 4 is 11.9 Å². The zero-order chi connectivity index (χ0) is 19.0. The zero-order valence-electron chi connectivity index (χ0n) is 15.7. The summed E-state index contributed by atoms with van der Waals surface area (Å²) >= 11 is 0. The largest absolute Gasteiger partial charge is 0.337 e. The number of benzene rings is 1. The van der Waals surface area contributed by atoms with Gasteiger partial charge in [-0.2, -0.15) is 4.98 Å². The van der Waals surface area contributed by atoms with Crippen LogP contribution in [0.1, 0.15) is 44.1 Å². The zero-order valence-corrected chi connectivity index (χ0v) is 15.7. The van der Waals surface area contributed by atoms with E-state index in [0.717, 1.165) is 36.8 Å². The second kappa shape index (κ2) is 7.13. The van der Waals surface area contributed by atoms with E-state index in [0.29, 0.717) is 18.3 Å². The van der Waals surface area contributed by atoms with Crippen LogP contribution in [0.3, 0.4) is 0 Å². The molecule has 2 atom stereocenters. The number of hydrogen-bond acceptors (Lipinski definition) is 5. The molecule has 2 aliphatic rings. The Morgan fingerprint density at radius 3 is 2.81 bits per heavy atom. The van der Waals surface area contributed by atoms with Crippen LogP contribution in [0.4, 0.5) is 4.79 Å². The number of aromatic nitrogens is 2. The third-order valence-corrected chi connectivity index (χ3v) is 5.56. The first-order chi connectivity index (χ1) is 13.1. The highest BCUT2D eigenvalue weighted by Gasteiger charge is 2.46. The maximum atomic E-state index is 12.9. The summed E-state index contributed by atoms with van der Waals surface area (Å²) in [6.45, 7) is 4.47. The molecule has 4 rings (SSSR count). The van der Waals surface area contributed by atoms with Crippen molar-refractivity contribution in [1.82, 2.24) is 19.9 Å². The number of hydrogen-bond donors (Lipinski definition) is 0. The minimum atomic E-state index is -0.249. The van der Waals surface area contributed by atoms with Gasteiger partial charge >= 0.3 is 6.03 Å². The van der Waals surface area contributed by atoms with Gasteiger partial charge in [0.1, 0.15) is 6.54 Å². The van der Waals surface area contributed by atoms with Gasteiger partial charge in [-0.25, -0.2) is 4.79 Å². The molecule has 1 aromatic carbocycles. The van der Waals surface area contributed by atoms with Crippen LogP contribution < -0.4 is 0 Å². The molecular weight excluding hydrogens is 344 g/mol. The molecule has 0 N–H and O–H groups in total. The summed E-state index contributed by atoms with van der Waals surface area (Å²) < 4.78 is 5.43. The number of urea groups is 1. The number of fused-ring (bicyclic) bond motifs is 1. The van der Waals surface area contributed by atoms with E-state index in [-0.39, 0.29) is 30.4 Å². The molecule has 1 aliphatic heterocycles. The van der Waals surface area contributed by atoms with Crippen molar-refractivity contribution in [3.05, 3.63) is 35.7 Å². The molecule has 7 heteroatoms. The topological polar surface area (TPSA) is 79.5 Å². The summed E-state index contributed by atoms with van der Waals surface area (Å²) in [5.41, 5.74) is 2.00. The Balaban J connectivity index is 1.59. The molecular formula is C20H24N4O3. The van der Waals surface area contributed by atoms with Gasteiger partial charge in [0.2, 0.25) is 17.6 Å². The van der Waals surface area contributed by atoms with Gasteiger partial charge in [0.05, 0.1) is 5.92 Å². The predicted molar refractivity (Wildman–Crippen MR) is 98.5 cm³/mol. The molecule has 2 heterocycles. The number of carbonyl (C=O) groups is 2. The first kappa shape index (κ1) is 17.7. The number of carbonyl (C=O) groups excluding carboxylic acids is 2. The molecule has 7 nitrogen and oxygen atoms in total. The van der Waals surface area contributed by atoms with Crippen LogP contribution in [0.25, 0.3) is 11.4 Å². The molecule has 0 bridgehead atoms. The van der Waals surface area contributed by atoms with Crippen molar-refractivity contribution in [1.29, 1.82) is 0 Å². The van der Waals surface area contributed by atoms with E-state index >= 15 is 0 Å². The van der Waals surface area contributed by atoms with Crippen LogP contribution >= 0.6 is 0 Å². The fourth-order valence-electron chi connectivity index (χ4n) is 4.21. The Kier molecular flexibility index (Phi) is 4.68.